The van der Waals surface area contributed by atoms with Crippen LogP contribution in [0.5, 0.6) is 0 Å². The Bertz CT molecular complexity index is 1020. The number of unbranched alkanes of at least 4 members (excludes halogenated alkanes) is 1. The number of hydrogen-bond donors (Lipinski definition) is 2. The Balaban J connectivity index is 1.61. The lowest BCUT2D eigenvalue weighted by Gasteiger charge is -2.27. The van der Waals surface area contributed by atoms with Gasteiger partial charge in [-0.05, 0) is 47.7 Å². The summed E-state index contributed by atoms with van der Waals surface area (Å²) >= 11 is 3.19. The molecule has 2 heterocycles. The zero-order valence-corrected chi connectivity index (χ0v) is 21.4. The number of hydrogen-bond acceptors (Lipinski definition) is 5. The normalized spacial score (nSPS) is 11.6. The Morgan fingerprint density at radius 3 is 2.00 bits per heavy atom. The first kappa shape index (κ1) is 26.4. The number of rotatable bonds is 13. The van der Waals surface area contributed by atoms with Crippen LogP contribution in [-0.4, -0.2) is 45.4 Å². The van der Waals surface area contributed by atoms with E-state index in [1.165, 1.54) is 11.8 Å². The van der Waals surface area contributed by atoms with Crippen molar-refractivity contribution in [1.82, 2.24) is 15.1 Å². The van der Waals surface area contributed by atoms with Crippen molar-refractivity contribution in [2.75, 3.05) is 6.54 Å². The molecule has 3 rings (SSSR count). The third-order valence-electron chi connectivity index (χ3n) is 5.50. The fourth-order valence-corrected chi connectivity index (χ4v) is 5.25. The second kappa shape index (κ2) is 13.7. The summed E-state index contributed by atoms with van der Waals surface area (Å²) in [6.45, 7) is 3.05. The number of amides is 3. The third-order valence-corrected chi connectivity index (χ3v) is 7.22. The Morgan fingerprint density at radius 1 is 0.857 bits per heavy atom. The molecule has 1 aromatic carbocycles. The monoisotopic (exact) mass is 513 g/mol. The maximum Gasteiger partial charge on any atom is 0.407 e. The van der Waals surface area contributed by atoms with E-state index in [-0.39, 0.29) is 11.8 Å². The van der Waals surface area contributed by atoms with Gasteiger partial charge in [0.25, 0.3) is 0 Å². The molecule has 9 heteroatoms. The molecule has 0 aliphatic heterocycles. The molecule has 2 N–H and O–H groups in total. The van der Waals surface area contributed by atoms with Gasteiger partial charge in [-0.15, -0.1) is 22.7 Å². The van der Waals surface area contributed by atoms with Crippen LogP contribution < -0.4 is 5.32 Å². The number of carbonyl (C=O) groups excluding carboxylic acids is 2. The summed E-state index contributed by atoms with van der Waals surface area (Å²) in [7, 11) is 0. The number of benzene rings is 1. The van der Waals surface area contributed by atoms with Crippen molar-refractivity contribution in [1.29, 1.82) is 0 Å². The maximum absolute atomic E-state index is 13.5. The molecule has 2 aromatic heterocycles. The average Bonchev–Trinajstić information content (AvgIpc) is 3.54. The van der Waals surface area contributed by atoms with Gasteiger partial charge >= 0.3 is 6.09 Å². The molecule has 3 aromatic rings. The number of nitrogens with one attached hydrogen (secondary N) is 1. The molecule has 35 heavy (non-hydrogen) atoms. The SMILES string of the molecule is CC(=O)N[C@@H](CCCCN(Cc1ccccc1)C(=O)O)C(=O)N(Cc1cccs1)Cc1cccs1. The van der Waals surface area contributed by atoms with Gasteiger partial charge in [0.05, 0.1) is 13.1 Å². The van der Waals surface area contributed by atoms with Crippen molar-refractivity contribution < 1.29 is 19.5 Å². The second-order valence-electron chi connectivity index (χ2n) is 8.29. The predicted molar refractivity (Wildman–Crippen MR) is 139 cm³/mol. The molecule has 0 aliphatic rings. The van der Waals surface area contributed by atoms with E-state index in [1.807, 2.05) is 65.4 Å². The minimum absolute atomic E-state index is 0.124. The van der Waals surface area contributed by atoms with Gasteiger partial charge in [-0.1, -0.05) is 42.5 Å². The van der Waals surface area contributed by atoms with E-state index in [1.54, 1.807) is 27.6 Å². The van der Waals surface area contributed by atoms with Crippen molar-refractivity contribution in [3.05, 3.63) is 80.7 Å². The topological polar surface area (TPSA) is 90.0 Å². The van der Waals surface area contributed by atoms with Crippen LogP contribution in [0.15, 0.2) is 65.4 Å². The van der Waals surface area contributed by atoms with Crippen LogP contribution in [0, 0.1) is 0 Å². The molecule has 0 radical (unpaired) electrons. The molecule has 0 saturated heterocycles. The number of carbonyl (C=O) groups is 3. The van der Waals surface area contributed by atoms with Crippen LogP contribution >= 0.6 is 22.7 Å². The molecule has 0 fully saturated rings. The standard InChI is InChI=1S/C26H31N3O4S2/c1-20(30)27-24(13-5-6-14-28(26(32)33)17-21-9-3-2-4-10-21)25(31)29(18-22-11-7-15-34-22)19-23-12-8-16-35-23/h2-4,7-12,15-16,24H,5-6,13-14,17-19H2,1H3,(H,27,30)(H,32,33)/t24-/m0/s1. The summed E-state index contributed by atoms with van der Waals surface area (Å²) in [6, 6.07) is 16.7. The molecule has 7 nitrogen and oxygen atoms in total. The molecule has 0 unspecified atom stereocenters. The fraction of sp³-hybridized carbons (Fsp3) is 0.346. The molecule has 0 aliphatic carbocycles. The van der Waals surface area contributed by atoms with Crippen LogP contribution in [0.25, 0.3) is 0 Å². The molecule has 3 amide bonds. The van der Waals surface area contributed by atoms with Crippen LogP contribution in [-0.2, 0) is 29.2 Å². The largest absolute Gasteiger partial charge is 0.465 e. The Hall–Kier alpha value is -3.17. The molecule has 0 spiro atoms. The zero-order valence-electron chi connectivity index (χ0n) is 19.8. The molecular weight excluding hydrogens is 482 g/mol. The minimum atomic E-state index is -0.971. The minimum Gasteiger partial charge on any atom is -0.465 e. The lowest BCUT2D eigenvalue weighted by Crippen LogP contribution is -2.47. The Kier molecular flexibility index (Phi) is 10.3. The van der Waals surface area contributed by atoms with Crippen LogP contribution in [0.3, 0.4) is 0 Å². The van der Waals surface area contributed by atoms with Gasteiger partial charge in [-0.2, -0.15) is 0 Å². The van der Waals surface area contributed by atoms with Gasteiger partial charge in [0.1, 0.15) is 6.04 Å². The lowest BCUT2D eigenvalue weighted by atomic mass is 10.1. The number of nitrogens with zero attached hydrogens (tertiary/aromatic N) is 2. The Morgan fingerprint density at radius 2 is 1.49 bits per heavy atom. The molecule has 186 valence electrons. The van der Waals surface area contributed by atoms with Crippen LogP contribution in [0.2, 0.25) is 0 Å². The van der Waals surface area contributed by atoms with Crippen LogP contribution in [0.1, 0.15) is 41.5 Å². The highest BCUT2D eigenvalue weighted by Gasteiger charge is 2.26. The first-order valence-electron chi connectivity index (χ1n) is 11.5. The summed E-state index contributed by atoms with van der Waals surface area (Å²) in [5, 5.41) is 16.4. The van der Waals surface area contributed by atoms with Crippen molar-refractivity contribution in [3.63, 3.8) is 0 Å². The van der Waals surface area contributed by atoms with E-state index in [2.05, 4.69) is 5.32 Å². The highest BCUT2D eigenvalue weighted by molar-refractivity contribution is 7.10. The van der Waals surface area contributed by atoms with Gasteiger partial charge in [0, 0.05) is 29.8 Å². The summed E-state index contributed by atoms with van der Waals surface area (Å²) in [4.78, 5) is 42.4. The van der Waals surface area contributed by atoms with E-state index in [0.717, 1.165) is 15.3 Å². The van der Waals surface area contributed by atoms with E-state index < -0.39 is 12.1 Å². The van der Waals surface area contributed by atoms with Gasteiger partial charge in [0.2, 0.25) is 11.8 Å². The second-order valence-corrected chi connectivity index (χ2v) is 10.4. The molecular formula is C26H31N3O4S2. The van der Waals surface area contributed by atoms with E-state index in [0.29, 0.717) is 45.4 Å². The van der Waals surface area contributed by atoms with Gasteiger partial charge in [0.15, 0.2) is 0 Å². The number of thiophene rings is 2. The van der Waals surface area contributed by atoms with Crippen molar-refractivity contribution in [2.24, 2.45) is 0 Å². The first-order chi connectivity index (χ1) is 16.9. The Labute approximate surface area is 214 Å². The van der Waals surface area contributed by atoms with E-state index in [9.17, 15) is 19.5 Å². The summed E-state index contributed by atoms with van der Waals surface area (Å²) in [6.07, 6.45) is 0.684. The highest BCUT2D eigenvalue weighted by atomic mass is 32.1. The maximum atomic E-state index is 13.5. The smallest absolute Gasteiger partial charge is 0.407 e. The summed E-state index contributed by atoms with van der Waals surface area (Å²) < 4.78 is 0. The molecule has 0 bridgehead atoms. The predicted octanol–water partition coefficient (Wildman–Crippen LogP) is 5.19. The number of carboxylic acid groups (broad SMARTS) is 1. The highest BCUT2D eigenvalue weighted by Crippen LogP contribution is 2.19. The third kappa shape index (κ3) is 8.84. The van der Waals surface area contributed by atoms with Crippen molar-refractivity contribution in [3.8, 4) is 0 Å². The summed E-state index contributed by atoms with van der Waals surface area (Å²) in [5.74, 6) is -0.381. The van der Waals surface area contributed by atoms with Crippen molar-refractivity contribution in [2.45, 2.75) is 51.9 Å². The van der Waals surface area contributed by atoms with Gasteiger partial charge in [-0.25, -0.2) is 4.79 Å². The molecule has 1 atom stereocenters. The van der Waals surface area contributed by atoms with Crippen molar-refractivity contribution >= 4 is 40.6 Å². The first-order valence-corrected chi connectivity index (χ1v) is 13.3. The summed E-state index contributed by atoms with van der Waals surface area (Å²) in [5.41, 5.74) is 0.930. The average molecular weight is 514 g/mol. The molecule has 0 saturated carbocycles. The van der Waals surface area contributed by atoms with E-state index >= 15 is 0 Å². The van der Waals surface area contributed by atoms with E-state index in [4.69, 9.17) is 0 Å². The van der Waals surface area contributed by atoms with Crippen LogP contribution in [0.4, 0.5) is 4.79 Å². The quantitative estimate of drug-likeness (QED) is 0.308. The zero-order chi connectivity index (χ0) is 25.0. The lowest BCUT2D eigenvalue weighted by molar-refractivity contribution is -0.137. The van der Waals surface area contributed by atoms with Gasteiger partial charge in [-0.3, -0.25) is 9.59 Å². The van der Waals surface area contributed by atoms with Gasteiger partial charge < -0.3 is 20.2 Å². The fourth-order valence-electron chi connectivity index (χ4n) is 3.81.